The number of ether oxygens (including phenoxy) is 2. The molecule has 0 spiro atoms. The number of aryl methyl sites for hydroxylation is 1. The van der Waals surface area contributed by atoms with E-state index in [1.807, 2.05) is 19.1 Å². The van der Waals surface area contributed by atoms with Gasteiger partial charge in [-0.1, -0.05) is 53.0 Å². The van der Waals surface area contributed by atoms with Crippen molar-refractivity contribution < 1.29 is 22.1 Å². The summed E-state index contributed by atoms with van der Waals surface area (Å²) >= 11 is 12.8. The zero-order valence-electron chi connectivity index (χ0n) is 18.6. The third-order valence-electron chi connectivity index (χ3n) is 5.59. The lowest BCUT2D eigenvalue weighted by Crippen LogP contribution is -2.35. The Kier molecular flexibility index (Phi) is 8.29. The van der Waals surface area contributed by atoms with Crippen molar-refractivity contribution in [2.75, 3.05) is 6.61 Å². The summed E-state index contributed by atoms with van der Waals surface area (Å²) in [6.07, 6.45) is 5.61. The van der Waals surface area contributed by atoms with Crippen LogP contribution in [0.25, 0.3) is 0 Å². The predicted octanol–water partition coefficient (Wildman–Crippen LogP) is 5.64. The average molecular weight is 525 g/mol. The fourth-order valence-corrected chi connectivity index (χ4v) is 5.10. The Balaban J connectivity index is 1.42. The SMILES string of the molecule is Cc1ccc(S(=O)(=O)OCC2CCCC(OC(c3ccc(Cl)cc3)C(Cl)n3ccnc3)O2)cc1. The summed E-state index contributed by atoms with van der Waals surface area (Å²) in [5.74, 6) is 0. The molecule has 2 aromatic carbocycles. The van der Waals surface area contributed by atoms with Crippen LogP contribution in [0.15, 0.2) is 72.1 Å². The van der Waals surface area contributed by atoms with Gasteiger partial charge < -0.3 is 14.0 Å². The highest BCUT2D eigenvalue weighted by Gasteiger charge is 2.31. The summed E-state index contributed by atoms with van der Waals surface area (Å²) < 4.78 is 44.5. The number of imidazole rings is 1. The highest BCUT2D eigenvalue weighted by atomic mass is 35.5. The molecule has 0 bridgehead atoms. The zero-order valence-corrected chi connectivity index (χ0v) is 20.9. The van der Waals surface area contributed by atoms with Crippen LogP contribution in [-0.2, 0) is 23.8 Å². The van der Waals surface area contributed by atoms with E-state index in [4.69, 9.17) is 36.9 Å². The van der Waals surface area contributed by atoms with Crippen molar-refractivity contribution in [3.63, 3.8) is 0 Å². The third-order valence-corrected chi connectivity index (χ3v) is 7.59. The summed E-state index contributed by atoms with van der Waals surface area (Å²) in [4.78, 5) is 4.19. The van der Waals surface area contributed by atoms with Crippen molar-refractivity contribution in [2.24, 2.45) is 0 Å². The second kappa shape index (κ2) is 11.2. The molecule has 3 aromatic rings. The summed E-state index contributed by atoms with van der Waals surface area (Å²) in [6, 6.07) is 13.8. The van der Waals surface area contributed by atoms with Crippen LogP contribution in [0.5, 0.6) is 0 Å². The van der Waals surface area contributed by atoms with Crippen molar-refractivity contribution in [3.8, 4) is 0 Å². The van der Waals surface area contributed by atoms with Crippen molar-refractivity contribution in [2.45, 2.75) is 55.1 Å². The van der Waals surface area contributed by atoms with Crippen LogP contribution in [0.2, 0.25) is 5.02 Å². The first-order valence-corrected chi connectivity index (χ1v) is 13.2. The van der Waals surface area contributed by atoms with Crippen molar-refractivity contribution in [1.29, 1.82) is 0 Å². The number of hydrogen-bond donors (Lipinski definition) is 0. The summed E-state index contributed by atoms with van der Waals surface area (Å²) in [5.41, 5.74) is 1.23. The van der Waals surface area contributed by atoms with Gasteiger partial charge in [-0.05, 0) is 56.0 Å². The molecule has 4 rings (SSSR count). The molecular formula is C24H26Cl2N2O5S. The fourth-order valence-electron chi connectivity index (χ4n) is 3.71. The Morgan fingerprint density at radius 2 is 1.88 bits per heavy atom. The number of hydrogen-bond acceptors (Lipinski definition) is 6. The van der Waals surface area contributed by atoms with Gasteiger partial charge in [-0.2, -0.15) is 8.42 Å². The maximum Gasteiger partial charge on any atom is 0.297 e. The van der Waals surface area contributed by atoms with E-state index < -0.39 is 34.1 Å². The Hall–Kier alpha value is -1.94. The number of halogens is 2. The monoisotopic (exact) mass is 524 g/mol. The first kappa shape index (κ1) is 25.2. The normalized spacial score (nSPS) is 20.7. The van der Waals surface area contributed by atoms with Crippen molar-refractivity contribution >= 4 is 33.3 Å². The molecule has 4 unspecified atom stereocenters. The van der Waals surface area contributed by atoms with Gasteiger partial charge in [-0.15, -0.1) is 0 Å². The van der Waals surface area contributed by atoms with Gasteiger partial charge in [0.1, 0.15) is 11.6 Å². The Bertz CT molecular complexity index is 1160. The Morgan fingerprint density at radius 1 is 1.15 bits per heavy atom. The molecule has 34 heavy (non-hydrogen) atoms. The van der Waals surface area contributed by atoms with Gasteiger partial charge in [0.05, 0.1) is 23.9 Å². The van der Waals surface area contributed by atoms with Crippen LogP contribution in [0, 0.1) is 6.92 Å². The number of benzene rings is 2. The summed E-state index contributed by atoms with van der Waals surface area (Å²) in [6.45, 7) is 1.80. The van der Waals surface area contributed by atoms with E-state index >= 15 is 0 Å². The minimum Gasteiger partial charge on any atom is -0.347 e. The molecule has 0 N–H and O–H groups in total. The molecule has 1 fully saturated rings. The molecule has 4 atom stereocenters. The van der Waals surface area contributed by atoms with Crippen LogP contribution in [-0.4, -0.2) is 37.0 Å². The maximum atomic E-state index is 12.5. The van der Waals surface area contributed by atoms with E-state index in [0.29, 0.717) is 17.9 Å². The van der Waals surface area contributed by atoms with Gasteiger partial charge >= 0.3 is 0 Å². The maximum absolute atomic E-state index is 12.5. The Labute approximate surface area is 209 Å². The highest BCUT2D eigenvalue weighted by molar-refractivity contribution is 7.86. The smallest absolute Gasteiger partial charge is 0.297 e. The molecule has 10 heteroatoms. The number of rotatable bonds is 9. The van der Waals surface area contributed by atoms with Gasteiger partial charge in [0.25, 0.3) is 10.1 Å². The Morgan fingerprint density at radius 3 is 2.56 bits per heavy atom. The van der Waals surface area contributed by atoms with Gasteiger partial charge in [-0.3, -0.25) is 4.18 Å². The number of aromatic nitrogens is 2. The molecule has 7 nitrogen and oxygen atoms in total. The van der Waals surface area contributed by atoms with Crippen LogP contribution in [0.4, 0.5) is 0 Å². The zero-order chi connectivity index (χ0) is 24.1. The second-order valence-corrected chi connectivity index (χ2v) is 10.7. The van der Waals surface area contributed by atoms with Crippen LogP contribution >= 0.6 is 23.2 Å². The molecule has 1 aromatic heterocycles. The molecule has 1 aliphatic rings. The van der Waals surface area contributed by atoms with Gasteiger partial charge in [0.2, 0.25) is 0 Å². The highest BCUT2D eigenvalue weighted by Crippen LogP contribution is 2.37. The van der Waals surface area contributed by atoms with Gasteiger partial charge in [-0.25, -0.2) is 4.98 Å². The van der Waals surface area contributed by atoms with E-state index in [1.165, 1.54) is 12.1 Å². The van der Waals surface area contributed by atoms with Crippen LogP contribution in [0.1, 0.15) is 42.0 Å². The largest absolute Gasteiger partial charge is 0.347 e. The molecule has 2 heterocycles. The first-order chi connectivity index (χ1) is 16.3. The standard InChI is InChI=1S/C24H26Cl2N2O5S/c1-17-5-11-21(12-6-17)34(29,30)31-15-20-3-2-4-22(32-20)33-23(18-7-9-19(25)10-8-18)24(26)28-14-13-27-16-28/h5-14,16,20,22-24H,2-4,15H2,1H3. The lowest BCUT2D eigenvalue weighted by atomic mass is 10.1. The van der Waals surface area contributed by atoms with E-state index in [2.05, 4.69) is 4.98 Å². The quantitative estimate of drug-likeness (QED) is 0.266. The molecule has 0 saturated carbocycles. The van der Waals surface area contributed by atoms with E-state index in [1.54, 1.807) is 47.6 Å². The summed E-state index contributed by atoms with van der Waals surface area (Å²) in [7, 11) is -3.87. The third kappa shape index (κ3) is 6.38. The lowest BCUT2D eigenvalue weighted by Gasteiger charge is -2.34. The minimum atomic E-state index is -3.87. The molecular weight excluding hydrogens is 499 g/mol. The molecule has 1 aliphatic heterocycles. The van der Waals surface area contributed by atoms with Crippen molar-refractivity contribution in [3.05, 3.63) is 83.4 Å². The van der Waals surface area contributed by atoms with E-state index in [0.717, 1.165) is 17.5 Å². The second-order valence-electron chi connectivity index (χ2n) is 8.16. The number of nitrogens with zero attached hydrogens (tertiary/aromatic N) is 2. The molecule has 0 aliphatic carbocycles. The molecule has 0 amide bonds. The van der Waals surface area contributed by atoms with Crippen molar-refractivity contribution in [1.82, 2.24) is 9.55 Å². The minimum absolute atomic E-state index is 0.0898. The average Bonchev–Trinajstić information content (AvgIpc) is 3.37. The van der Waals surface area contributed by atoms with E-state index in [-0.39, 0.29) is 11.5 Å². The predicted molar refractivity (Wildman–Crippen MR) is 129 cm³/mol. The van der Waals surface area contributed by atoms with Gasteiger partial charge in [0.15, 0.2) is 6.29 Å². The van der Waals surface area contributed by atoms with Gasteiger partial charge in [0, 0.05) is 17.4 Å². The van der Waals surface area contributed by atoms with E-state index in [9.17, 15) is 8.42 Å². The molecule has 1 saturated heterocycles. The number of alkyl halides is 1. The molecule has 0 radical (unpaired) electrons. The summed E-state index contributed by atoms with van der Waals surface area (Å²) in [5, 5.41) is 0.608. The fraction of sp³-hybridized carbons (Fsp3) is 0.375. The first-order valence-electron chi connectivity index (χ1n) is 11.0. The van der Waals surface area contributed by atoms with Crippen LogP contribution < -0.4 is 0 Å². The lowest BCUT2D eigenvalue weighted by molar-refractivity contribution is -0.223. The van der Waals surface area contributed by atoms with Crippen LogP contribution in [0.3, 0.4) is 0 Å². The topological polar surface area (TPSA) is 79.7 Å². The molecule has 182 valence electrons.